The van der Waals surface area contributed by atoms with Crippen LogP contribution in [-0.2, 0) is 13.5 Å². The van der Waals surface area contributed by atoms with E-state index in [1.165, 1.54) is 0 Å². The number of benzene rings is 1. The standard InChI is InChI=1S/C12H14Cl2N4/c1-18-12(10(14)7-16-18)11(17-15)6-8-3-2-4-9(13)5-8/h2-5,7,11,17H,6,15H2,1H3. The Kier molecular flexibility index (Phi) is 4.24. The van der Waals surface area contributed by atoms with Crippen molar-refractivity contribution in [3.8, 4) is 0 Å². The summed E-state index contributed by atoms with van der Waals surface area (Å²) in [6, 6.07) is 7.56. The second kappa shape index (κ2) is 5.71. The Morgan fingerprint density at radius 1 is 1.44 bits per heavy atom. The highest BCUT2D eigenvalue weighted by molar-refractivity contribution is 6.31. The van der Waals surface area contributed by atoms with E-state index in [1.54, 1.807) is 10.9 Å². The molecule has 96 valence electrons. The average molecular weight is 285 g/mol. The zero-order valence-electron chi connectivity index (χ0n) is 9.90. The lowest BCUT2D eigenvalue weighted by molar-refractivity contribution is 0.508. The van der Waals surface area contributed by atoms with Crippen molar-refractivity contribution >= 4 is 23.2 Å². The summed E-state index contributed by atoms with van der Waals surface area (Å²) in [4.78, 5) is 0. The summed E-state index contributed by atoms with van der Waals surface area (Å²) in [6.07, 6.45) is 2.30. The van der Waals surface area contributed by atoms with Gasteiger partial charge in [0.25, 0.3) is 0 Å². The lowest BCUT2D eigenvalue weighted by Gasteiger charge is -2.17. The fourth-order valence-electron chi connectivity index (χ4n) is 1.95. The maximum Gasteiger partial charge on any atom is 0.0834 e. The Hall–Kier alpha value is -1.07. The van der Waals surface area contributed by atoms with Crippen LogP contribution in [0.2, 0.25) is 10.0 Å². The summed E-state index contributed by atoms with van der Waals surface area (Å²) in [5, 5.41) is 5.41. The van der Waals surface area contributed by atoms with Gasteiger partial charge < -0.3 is 0 Å². The third-order valence-corrected chi connectivity index (χ3v) is 3.32. The number of nitrogens with one attached hydrogen (secondary N) is 1. The number of halogens is 2. The van der Waals surface area contributed by atoms with Crippen molar-refractivity contribution in [1.29, 1.82) is 0 Å². The molecule has 1 atom stereocenters. The van der Waals surface area contributed by atoms with E-state index in [4.69, 9.17) is 29.0 Å². The van der Waals surface area contributed by atoms with Crippen LogP contribution in [0.1, 0.15) is 17.3 Å². The van der Waals surface area contributed by atoms with Crippen molar-refractivity contribution in [2.24, 2.45) is 12.9 Å². The minimum atomic E-state index is -0.108. The maximum absolute atomic E-state index is 6.11. The van der Waals surface area contributed by atoms with Gasteiger partial charge in [0.15, 0.2) is 0 Å². The highest BCUT2D eigenvalue weighted by atomic mass is 35.5. The molecule has 0 aliphatic rings. The third-order valence-electron chi connectivity index (χ3n) is 2.80. The average Bonchev–Trinajstić information content (AvgIpc) is 2.67. The number of nitrogens with zero attached hydrogens (tertiary/aromatic N) is 2. The number of aryl methyl sites for hydroxylation is 1. The molecule has 2 aromatic rings. The number of nitrogens with two attached hydrogens (primary N) is 1. The fraction of sp³-hybridized carbons (Fsp3) is 0.250. The molecule has 0 aliphatic carbocycles. The van der Waals surface area contributed by atoms with Gasteiger partial charge in [-0.05, 0) is 24.1 Å². The molecule has 6 heteroatoms. The van der Waals surface area contributed by atoms with E-state index in [0.717, 1.165) is 11.3 Å². The second-order valence-electron chi connectivity index (χ2n) is 4.05. The third kappa shape index (κ3) is 2.84. The molecular formula is C12H14Cl2N4. The van der Waals surface area contributed by atoms with Gasteiger partial charge in [0.2, 0.25) is 0 Å². The van der Waals surface area contributed by atoms with Crippen LogP contribution in [0.3, 0.4) is 0 Å². The Labute approximate surface area is 116 Å². The Bertz CT molecular complexity index is 519. The van der Waals surface area contributed by atoms with Gasteiger partial charge in [-0.2, -0.15) is 5.10 Å². The number of aromatic nitrogens is 2. The molecule has 2 rings (SSSR count). The number of hydrogen-bond acceptors (Lipinski definition) is 3. The van der Waals surface area contributed by atoms with Crippen LogP contribution in [0.4, 0.5) is 0 Å². The second-order valence-corrected chi connectivity index (χ2v) is 4.90. The fourth-order valence-corrected chi connectivity index (χ4v) is 2.46. The van der Waals surface area contributed by atoms with Gasteiger partial charge in [0, 0.05) is 12.1 Å². The van der Waals surface area contributed by atoms with E-state index in [2.05, 4.69) is 10.5 Å². The van der Waals surface area contributed by atoms with Crippen molar-refractivity contribution in [3.05, 3.63) is 51.8 Å². The van der Waals surface area contributed by atoms with Crippen molar-refractivity contribution in [3.63, 3.8) is 0 Å². The summed E-state index contributed by atoms with van der Waals surface area (Å²) in [6.45, 7) is 0. The van der Waals surface area contributed by atoms with E-state index >= 15 is 0 Å². The van der Waals surface area contributed by atoms with E-state index < -0.39 is 0 Å². The van der Waals surface area contributed by atoms with Crippen molar-refractivity contribution < 1.29 is 0 Å². The van der Waals surface area contributed by atoms with Gasteiger partial charge in [0.05, 0.1) is 23.0 Å². The molecule has 1 heterocycles. The minimum absolute atomic E-state index is 0.108. The van der Waals surface area contributed by atoms with Gasteiger partial charge in [0.1, 0.15) is 0 Å². The number of hydrazine groups is 1. The molecule has 1 unspecified atom stereocenters. The van der Waals surface area contributed by atoms with Gasteiger partial charge in [-0.25, -0.2) is 0 Å². The lowest BCUT2D eigenvalue weighted by Crippen LogP contribution is -2.31. The molecule has 4 nitrogen and oxygen atoms in total. The first-order chi connectivity index (χ1) is 8.61. The molecule has 0 aliphatic heterocycles. The minimum Gasteiger partial charge on any atom is -0.271 e. The first-order valence-corrected chi connectivity index (χ1v) is 6.25. The van der Waals surface area contributed by atoms with Crippen LogP contribution < -0.4 is 11.3 Å². The molecule has 3 N–H and O–H groups in total. The van der Waals surface area contributed by atoms with E-state index in [9.17, 15) is 0 Å². The Morgan fingerprint density at radius 2 is 2.22 bits per heavy atom. The molecule has 0 saturated carbocycles. The van der Waals surface area contributed by atoms with E-state index in [-0.39, 0.29) is 6.04 Å². The first kappa shape index (κ1) is 13.4. The van der Waals surface area contributed by atoms with Gasteiger partial charge >= 0.3 is 0 Å². The van der Waals surface area contributed by atoms with Crippen LogP contribution in [0, 0.1) is 0 Å². The van der Waals surface area contributed by atoms with Crippen molar-refractivity contribution in [1.82, 2.24) is 15.2 Å². The predicted molar refractivity (Wildman–Crippen MR) is 73.4 cm³/mol. The molecule has 0 radical (unpaired) electrons. The Balaban J connectivity index is 2.25. The zero-order valence-corrected chi connectivity index (χ0v) is 11.4. The van der Waals surface area contributed by atoms with E-state index in [1.807, 2.05) is 31.3 Å². The Morgan fingerprint density at radius 3 is 2.78 bits per heavy atom. The summed E-state index contributed by atoms with van der Waals surface area (Å²) < 4.78 is 1.72. The van der Waals surface area contributed by atoms with Crippen LogP contribution >= 0.6 is 23.2 Å². The predicted octanol–water partition coefficient (Wildman–Crippen LogP) is 2.47. The summed E-state index contributed by atoms with van der Waals surface area (Å²) in [7, 11) is 1.84. The number of hydrogen-bond donors (Lipinski definition) is 2. The molecule has 0 amide bonds. The van der Waals surface area contributed by atoms with Gasteiger partial charge in [-0.15, -0.1) is 0 Å². The smallest absolute Gasteiger partial charge is 0.0834 e. The zero-order chi connectivity index (χ0) is 13.1. The normalized spacial score (nSPS) is 12.7. The molecule has 18 heavy (non-hydrogen) atoms. The largest absolute Gasteiger partial charge is 0.271 e. The summed E-state index contributed by atoms with van der Waals surface area (Å²) in [5.41, 5.74) is 4.71. The van der Waals surface area contributed by atoms with Crippen LogP contribution in [-0.4, -0.2) is 9.78 Å². The van der Waals surface area contributed by atoms with Crippen molar-refractivity contribution in [2.45, 2.75) is 12.5 Å². The number of rotatable bonds is 4. The highest BCUT2D eigenvalue weighted by Crippen LogP contribution is 2.25. The summed E-state index contributed by atoms with van der Waals surface area (Å²) in [5.74, 6) is 5.60. The molecule has 0 spiro atoms. The first-order valence-electron chi connectivity index (χ1n) is 5.49. The van der Waals surface area contributed by atoms with E-state index in [0.29, 0.717) is 16.5 Å². The monoisotopic (exact) mass is 284 g/mol. The maximum atomic E-state index is 6.11. The molecule has 1 aromatic carbocycles. The quantitative estimate of drug-likeness (QED) is 0.670. The molecule has 0 fully saturated rings. The molecule has 0 bridgehead atoms. The van der Waals surface area contributed by atoms with Crippen LogP contribution in [0.15, 0.2) is 30.5 Å². The molecule has 1 aromatic heterocycles. The summed E-state index contributed by atoms with van der Waals surface area (Å²) >= 11 is 12.1. The molecular weight excluding hydrogens is 271 g/mol. The van der Waals surface area contributed by atoms with Crippen LogP contribution in [0.25, 0.3) is 0 Å². The molecule has 0 saturated heterocycles. The topological polar surface area (TPSA) is 55.9 Å². The van der Waals surface area contributed by atoms with Crippen molar-refractivity contribution in [2.75, 3.05) is 0 Å². The highest BCUT2D eigenvalue weighted by Gasteiger charge is 2.18. The van der Waals surface area contributed by atoms with Gasteiger partial charge in [-0.1, -0.05) is 35.3 Å². The SMILES string of the molecule is Cn1ncc(Cl)c1C(Cc1cccc(Cl)c1)NN. The lowest BCUT2D eigenvalue weighted by atomic mass is 10.0. The van der Waals surface area contributed by atoms with Crippen LogP contribution in [0.5, 0.6) is 0 Å². The van der Waals surface area contributed by atoms with Gasteiger partial charge in [-0.3, -0.25) is 16.0 Å².